The predicted molar refractivity (Wildman–Crippen MR) is 53.3 cm³/mol. The van der Waals surface area contributed by atoms with E-state index >= 15 is 0 Å². The number of hydrogen-bond donors (Lipinski definition) is 0. The van der Waals surface area contributed by atoms with Crippen LogP contribution in [0.15, 0.2) is 4.40 Å². The smallest absolute Gasteiger partial charge is 0.413 e. The molecule has 86 valence electrons. The normalized spacial score (nSPS) is 36.9. The third kappa shape index (κ3) is 1.75. The van der Waals surface area contributed by atoms with Gasteiger partial charge in [-0.15, -0.1) is 4.40 Å². The van der Waals surface area contributed by atoms with Gasteiger partial charge in [0.2, 0.25) is 0 Å². The average molecular weight is 233 g/mol. The van der Waals surface area contributed by atoms with Crippen molar-refractivity contribution in [2.45, 2.75) is 6.92 Å². The van der Waals surface area contributed by atoms with Gasteiger partial charge >= 0.3 is 10.2 Å². The van der Waals surface area contributed by atoms with Gasteiger partial charge in [0.05, 0.1) is 0 Å². The molecule has 0 aromatic rings. The van der Waals surface area contributed by atoms with E-state index in [1.807, 2.05) is 0 Å². The van der Waals surface area contributed by atoms with Crippen LogP contribution in [0.5, 0.6) is 0 Å². The van der Waals surface area contributed by atoms with Gasteiger partial charge in [-0.3, -0.25) is 4.90 Å². The number of quaternary nitrogens is 1. The summed E-state index contributed by atoms with van der Waals surface area (Å²) in [6.07, 6.45) is 0. The van der Waals surface area contributed by atoms with Crippen molar-refractivity contribution in [2.24, 2.45) is 4.40 Å². The first-order valence-electron chi connectivity index (χ1n) is 5.02. The summed E-state index contributed by atoms with van der Waals surface area (Å²) in [4.78, 5) is 2.24. The third-order valence-electron chi connectivity index (χ3n) is 3.20. The second-order valence-electron chi connectivity index (χ2n) is 4.13. The van der Waals surface area contributed by atoms with Crippen molar-refractivity contribution in [1.82, 2.24) is 4.90 Å². The van der Waals surface area contributed by atoms with Gasteiger partial charge in [0.15, 0.2) is 0 Å². The van der Waals surface area contributed by atoms with Gasteiger partial charge in [-0.05, 0) is 12.8 Å². The molecule has 3 saturated heterocycles. The van der Waals surface area contributed by atoms with Gasteiger partial charge in [-0.2, -0.15) is 12.3 Å². The molecule has 2 bridgehead atoms. The van der Waals surface area contributed by atoms with Gasteiger partial charge in [-0.1, -0.05) is 0 Å². The molecule has 3 aliphatic heterocycles. The van der Waals surface area contributed by atoms with Gasteiger partial charge in [0, 0.05) is 19.6 Å². The molecule has 3 aliphatic rings. The van der Waals surface area contributed by atoms with E-state index in [2.05, 4.69) is 9.30 Å². The summed E-state index contributed by atoms with van der Waals surface area (Å²) in [7, 11) is -3.67. The fourth-order valence-corrected chi connectivity index (χ4v) is 3.67. The number of fused-ring (bicyclic) bond motifs is 3. The molecular weight excluding hydrogens is 218 g/mol. The second-order valence-corrected chi connectivity index (χ2v) is 5.98. The highest BCUT2D eigenvalue weighted by Gasteiger charge is 2.48. The number of rotatable bonds is 2. The summed E-state index contributed by atoms with van der Waals surface area (Å²) in [6, 6.07) is 0. The first kappa shape index (κ1) is 10.8. The molecule has 15 heavy (non-hydrogen) atoms. The Balaban J connectivity index is 2.32. The number of piperazine rings is 3. The molecule has 3 fully saturated rings. The highest BCUT2D eigenvalue weighted by molar-refractivity contribution is 7.84. The van der Waals surface area contributed by atoms with Crippen LogP contribution in [0.3, 0.4) is 0 Å². The highest BCUT2D eigenvalue weighted by atomic mass is 32.2. The Kier molecular flexibility index (Phi) is 2.48. The molecule has 3 rings (SSSR count). The van der Waals surface area contributed by atoms with Crippen molar-refractivity contribution in [3.05, 3.63) is 0 Å². The summed E-state index contributed by atoms with van der Waals surface area (Å²) in [5.41, 5.74) is 0. The molecule has 0 saturated carbocycles. The van der Waals surface area contributed by atoms with Gasteiger partial charge in [0.25, 0.3) is 0 Å². The maximum Gasteiger partial charge on any atom is 0.413 e. The summed E-state index contributed by atoms with van der Waals surface area (Å²) in [5.74, 6) is -0.629. The lowest BCUT2D eigenvalue weighted by atomic mass is 10.2. The SMILES string of the molecule is C/C([O-])=N/S(=O)(=O)[N+]12CCN(CC1)CC2. The van der Waals surface area contributed by atoms with Crippen LogP contribution in [0.2, 0.25) is 0 Å². The molecule has 6 nitrogen and oxygen atoms in total. The van der Waals surface area contributed by atoms with Crippen LogP contribution in [0.4, 0.5) is 0 Å². The van der Waals surface area contributed by atoms with Crippen LogP contribution < -0.4 is 5.11 Å². The van der Waals surface area contributed by atoms with E-state index in [-0.39, 0.29) is 3.89 Å². The Bertz CT molecular complexity index is 364. The zero-order valence-electron chi connectivity index (χ0n) is 8.72. The molecule has 0 spiro atoms. The minimum absolute atomic E-state index is 0.0247. The van der Waals surface area contributed by atoms with Crippen molar-refractivity contribution in [3.8, 4) is 0 Å². The Labute approximate surface area is 89.6 Å². The molecule has 3 heterocycles. The lowest BCUT2D eigenvalue weighted by molar-refractivity contribution is -0.823. The standard InChI is InChI=1S/C8H15N3O3S/c1-8(12)9-15(13,14)11-5-2-10(3-6-11)4-7-11/h2-7H2,1H3. The van der Waals surface area contributed by atoms with Crippen molar-refractivity contribution in [2.75, 3.05) is 39.3 Å². The molecule has 0 unspecified atom stereocenters. The monoisotopic (exact) mass is 233 g/mol. The predicted octanol–water partition coefficient (Wildman–Crippen LogP) is -1.84. The third-order valence-corrected chi connectivity index (χ3v) is 5.22. The van der Waals surface area contributed by atoms with Gasteiger partial charge in [-0.25, -0.2) is 0 Å². The Hall–Kier alpha value is -0.660. The minimum Gasteiger partial charge on any atom is -0.861 e. The fraction of sp³-hybridized carbons (Fsp3) is 0.875. The molecule has 0 aliphatic carbocycles. The highest BCUT2D eigenvalue weighted by Crippen LogP contribution is 2.25. The summed E-state index contributed by atoms with van der Waals surface area (Å²) in [5, 5.41) is 10.8. The number of nitrogens with zero attached hydrogens (tertiary/aromatic N) is 3. The van der Waals surface area contributed by atoms with Gasteiger partial charge in [0.1, 0.15) is 19.6 Å². The summed E-state index contributed by atoms with van der Waals surface area (Å²) in [6.45, 7) is 5.19. The number of hydrogen-bond acceptors (Lipinski definition) is 4. The Morgan fingerprint density at radius 3 is 2.13 bits per heavy atom. The lowest BCUT2D eigenvalue weighted by Gasteiger charge is -2.47. The topological polar surface area (TPSA) is 72.8 Å². The van der Waals surface area contributed by atoms with Crippen molar-refractivity contribution in [1.29, 1.82) is 0 Å². The van der Waals surface area contributed by atoms with Crippen LogP contribution >= 0.6 is 0 Å². The average Bonchev–Trinajstić information content (AvgIpc) is 2.18. The van der Waals surface area contributed by atoms with Crippen molar-refractivity contribution in [3.63, 3.8) is 0 Å². The molecular formula is C8H15N3O3S. The van der Waals surface area contributed by atoms with Gasteiger partial charge < -0.3 is 5.11 Å². The largest absolute Gasteiger partial charge is 0.861 e. The van der Waals surface area contributed by atoms with E-state index in [9.17, 15) is 13.5 Å². The molecule has 0 radical (unpaired) electrons. The van der Waals surface area contributed by atoms with Crippen molar-refractivity contribution < 1.29 is 17.4 Å². The quantitative estimate of drug-likeness (QED) is 0.319. The van der Waals surface area contributed by atoms with Crippen molar-refractivity contribution >= 4 is 16.1 Å². The van der Waals surface area contributed by atoms with E-state index in [0.717, 1.165) is 19.6 Å². The zero-order chi connectivity index (χ0) is 11.1. The van der Waals surface area contributed by atoms with Crippen LogP contribution in [-0.2, 0) is 10.2 Å². The summed E-state index contributed by atoms with van der Waals surface area (Å²) >= 11 is 0. The first-order chi connectivity index (χ1) is 6.95. The van der Waals surface area contributed by atoms with Crippen LogP contribution in [0.25, 0.3) is 0 Å². The minimum atomic E-state index is -3.67. The summed E-state index contributed by atoms with van der Waals surface area (Å²) < 4.78 is 27.1. The van der Waals surface area contributed by atoms with Crippen LogP contribution in [-0.4, -0.2) is 62.4 Å². The fourth-order valence-electron chi connectivity index (χ4n) is 2.24. The molecule has 0 aromatic carbocycles. The molecule has 0 aromatic heterocycles. The Morgan fingerprint density at radius 1 is 1.27 bits per heavy atom. The van der Waals surface area contributed by atoms with E-state index in [4.69, 9.17) is 0 Å². The lowest BCUT2D eigenvalue weighted by Crippen LogP contribution is -2.68. The van der Waals surface area contributed by atoms with E-state index < -0.39 is 16.1 Å². The maximum absolute atomic E-state index is 11.9. The van der Waals surface area contributed by atoms with E-state index in [0.29, 0.717) is 19.6 Å². The van der Waals surface area contributed by atoms with E-state index in [1.54, 1.807) is 0 Å². The molecule has 0 N–H and O–H groups in total. The van der Waals surface area contributed by atoms with E-state index in [1.165, 1.54) is 6.92 Å². The second kappa shape index (κ2) is 3.43. The maximum atomic E-state index is 11.9. The molecule has 0 atom stereocenters. The zero-order valence-corrected chi connectivity index (χ0v) is 9.53. The molecule has 7 heteroatoms. The Morgan fingerprint density at radius 2 is 1.73 bits per heavy atom. The first-order valence-corrected chi connectivity index (χ1v) is 6.42. The molecule has 0 amide bonds. The van der Waals surface area contributed by atoms with Crippen LogP contribution in [0.1, 0.15) is 6.92 Å². The van der Waals surface area contributed by atoms with Crippen LogP contribution in [0, 0.1) is 0 Å².